The van der Waals surface area contributed by atoms with E-state index in [1.807, 2.05) is 62.4 Å². The van der Waals surface area contributed by atoms with Crippen LogP contribution < -0.4 is 30.4 Å². The average molecular weight is 667 g/mol. The Kier molecular flexibility index (Phi) is 9.26. The van der Waals surface area contributed by atoms with Crippen LogP contribution in [0.3, 0.4) is 0 Å². The van der Waals surface area contributed by atoms with E-state index < -0.39 is 0 Å². The zero-order valence-electron chi connectivity index (χ0n) is 26.7. The van der Waals surface area contributed by atoms with Crippen LogP contribution in [0.2, 0.25) is 0 Å². The predicted octanol–water partition coefficient (Wildman–Crippen LogP) is 5.81. The summed E-state index contributed by atoms with van der Waals surface area (Å²) in [5.41, 5.74) is 4.13. The maximum atomic E-state index is 14.2. The second kappa shape index (κ2) is 13.5. The highest BCUT2D eigenvalue weighted by atomic mass is 32.2. The molecule has 12 heteroatoms. The second-order valence-corrected chi connectivity index (χ2v) is 13.1. The van der Waals surface area contributed by atoms with E-state index in [0.717, 1.165) is 22.9 Å². The van der Waals surface area contributed by atoms with Gasteiger partial charge in [-0.15, -0.1) is 0 Å². The normalized spacial score (nSPS) is 13.7. The molecule has 240 valence electrons. The van der Waals surface area contributed by atoms with Gasteiger partial charge in [0.25, 0.3) is 11.1 Å². The van der Waals surface area contributed by atoms with Crippen molar-refractivity contribution in [3.05, 3.63) is 103 Å². The lowest BCUT2D eigenvalue weighted by atomic mass is 9.95. The Hall–Kier alpha value is -4.78. The Morgan fingerprint density at radius 2 is 1.06 bits per heavy atom. The smallest absolute Gasteiger partial charge is 0.256 e. The van der Waals surface area contributed by atoms with Gasteiger partial charge in [-0.3, -0.25) is 18.7 Å². The Morgan fingerprint density at radius 1 is 0.681 bits per heavy atom. The zero-order valence-corrected chi connectivity index (χ0v) is 28.3. The lowest BCUT2D eigenvalue weighted by Crippen LogP contribution is -2.41. The minimum atomic E-state index is -0.245. The van der Waals surface area contributed by atoms with Gasteiger partial charge in [0.1, 0.15) is 23.6 Å². The van der Waals surface area contributed by atoms with E-state index in [-0.39, 0.29) is 30.9 Å². The lowest BCUT2D eigenvalue weighted by molar-refractivity contribution is 0.340. The van der Waals surface area contributed by atoms with Crippen molar-refractivity contribution >= 4 is 34.9 Å². The molecule has 2 aliphatic rings. The monoisotopic (exact) mass is 666 g/mol. The maximum absolute atomic E-state index is 14.2. The minimum Gasteiger partial charge on any atom is -0.494 e. The molecule has 0 bridgehead atoms. The van der Waals surface area contributed by atoms with E-state index in [2.05, 4.69) is 21.9 Å². The number of nitriles is 2. The van der Waals surface area contributed by atoms with Crippen molar-refractivity contribution in [2.45, 2.75) is 57.5 Å². The average Bonchev–Trinajstić information content (AvgIpc) is 3.09. The summed E-state index contributed by atoms with van der Waals surface area (Å²) in [6, 6.07) is 20.1. The summed E-state index contributed by atoms with van der Waals surface area (Å²) in [5, 5.41) is 21.7. The van der Waals surface area contributed by atoms with Gasteiger partial charge in [-0.25, -0.2) is 0 Å². The van der Waals surface area contributed by atoms with Crippen molar-refractivity contribution in [3.8, 4) is 23.6 Å². The minimum absolute atomic E-state index is 0.0146. The summed E-state index contributed by atoms with van der Waals surface area (Å²) in [5.74, 6) is 2.68. The molecule has 47 heavy (non-hydrogen) atoms. The van der Waals surface area contributed by atoms with E-state index >= 15 is 0 Å². The molecule has 0 aliphatic carbocycles. The van der Waals surface area contributed by atoms with Gasteiger partial charge in [0.05, 0.1) is 59.5 Å². The van der Waals surface area contributed by atoms with E-state index in [1.165, 1.54) is 23.5 Å². The van der Waals surface area contributed by atoms with Crippen LogP contribution >= 0.6 is 23.5 Å². The van der Waals surface area contributed by atoms with Gasteiger partial charge in [-0.1, -0.05) is 23.5 Å². The Morgan fingerprint density at radius 3 is 1.40 bits per heavy atom. The molecule has 2 aromatic carbocycles. The van der Waals surface area contributed by atoms with Gasteiger partial charge in [0.2, 0.25) is 0 Å². The summed E-state index contributed by atoms with van der Waals surface area (Å²) < 4.78 is 14.4. The van der Waals surface area contributed by atoms with Crippen LogP contribution in [0.4, 0.5) is 11.4 Å². The number of thioether (sulfide) groups is 2. The van der Waals surface area contributed by atoms with Gasteiger partial charge in [-0.2, -0.15) is 10.5 Å². The van der Waals surface area contributed by atoms with Crippen LogP contribution in [0.15, 0.2) is 68.2 Å². The van der Waals surface area contributed by atoms with Crippen LogP contribution in [0, 0.1) is 36.5 Å². The quantitative estimate of drug-likeness (QED) is 0.228. The van der Waals surface area contributed by atoms with Crippen LogP contribution in [0.25, 0.3) is 0 Å². The van der Waals surface area contributed by atoms with Gasteiger partial charge in [0.15, 0.2) is 0 Å². The molecule has 0 spiro atoms. The second-order valence-electron chi connectivity index (χ2n) is 11.2. The number of pyridine rings is 2. The first kappa shape index (κ1) is 32.2. The number of ether oxygens (including phenoxy) is 2. The van der Waals surface area contributed by atoms with E-state index in [4.69, 9.17) is 9.47 Å². The molecule has 0 amide bonds. The van der Waals surface area contributed by atoms with Crippen molar-refractivity contribution in [2.24, 2.45) is 0 Å². The van der Waals surface area contributed by atoms with Crippen molar-refractivity contribution in [3.63, 3.8) is 0 Å². The summed E-state index contributed by atoms with van der Waals surface area (Å²) in [6.07, 6.45) is 0.0146. The number of fused-ring (bicyclic) bond motifs is 2. The highest BCUT2D eigenvalue weighted by Gasteiger charge is 2.29. The number of anilines is 2. The number of rotatable bonds is 8. The van der Waals surface area contributed by atoms with Gasteiger partial charge < -0.3 is 19.3 Å². The van der Waals surface area contributed by atoms with Crippen molar-refractivity contribution in [1.29, 1.82) is 10.5 Å². The Balaban J connectivity index is 1.38. The highest BCUT2D eigenvalue weighted by molar-refractivity contribution is 7.99. The standard InChI is InChI=1S/C35H34N6O4S2/c1-5-44-26-11-7-24(8-12-26)38-18-40-32(42)28(22(3)30(16-36)34(40)46-20-38)15-29-23(4)31(17-37)35-41(33(29)43)19-39(21-47-35)25-9-13-27(14-10-25)45-6-2/h7-14H,5-6,15,18-21H2,1-4H3. The largest absolute Gasteiger partial charge is 0.494 e. The topological polar surface area (TPSA) is 117 Å². The first-order valence-corrected chi connectivity index (χ1v) is 17.3. The number of aromatic nitrogens is 2. The summed E-state index contributed by atoms with van der Waals surface area (Å²) in [4.78, 5) is 32.5. The number of nitrogens with zero attached hydrogens (tertiary/aromatic N) is 6. The molecule has 6 rings (SSSR count). The first-order valence-electron chi connectivity index (χ1n) is 15.3. The molecule has 2 aliphatic heterocycles. The first-order chi connectivity index (χ1) is 22.8. The van der Waals surface area contributed by atoms with E-state index in [0.29, 0.717) is 68.4 Å². The molecular formula is C35H34N6O4S2. The molecule has 0 fully saturated rings. The number of benzene rings is 2. The fraction of sp³-hybridized carbons (Fsp3) is 0.314. The van der Waals surface area contributed by atoms with Crippen LogP contribution in [-0.4, -0.2) is 34.1 Å². The van der Waals surface area contributed by atoms with Crippen LogP contribution in [0.5, 0.6) is 11.5 Å². The van der Waals surface area contributed by atoms with Gasteiger partial charge in [0, 0.05) is 28.9 Å². The molecule has 4 heterocycles. The lowest BCUT2D eigenvalue weighted by Gasteiger charge is -2.33. The van der Waals surface area contributed by atoms with Crippen LogP contribution in [-0.2, 0) is 19.8 Å². The Labute approximate surface area is 281 Å². The number of hydrogen-bond donors (Lipinski definition) is 0. The third kappa shape index (κ3) is 5.95. The van der Waals surface area contributed by atoms with Crippen LogP contribution in [0.1, 0.15) is 47.2 Å². The molecule has 0 atom stereocenters. The SMILES string of the molecule is CCOc1ccc(N2CSc3c(C#N)c(C)c(Cc4c(C)c(C#N)c5n(c4=O)CN(c4ccc(OCC)cc4)CS5)c(=O)n3C2)cc1. The molecule has 0 N–H and O–H groups in total. The fourth-order valence-electron chi connectivity index (χ4n) is 5.99. The van der Waals surface area contributed by atoms with Crippen molar-refractivity contribution < 1.29 is 9.47 Å². The summed E-state index contributed by atoms with van der Waals surface area (Å²) in [6.45, 7) is 9.08. The Bertz CT molecular complexity index is 1900. The fourth-order valence-corrected chi connectivity index (χ4v) is 8.29. The third-order valence-electron chi connectivity index (χ3n) is 8.52. The number of hydrogen-bond acceptors (Lipinski definition) is 10. The molecule has 4 aromatic rings. The zero-order chi connectivity index (χ0) is 33.2. The van der Waals surface area contributed by atoms with E-state index in [9.17, 15) is 20.1 Å². The summed E-state index contributed by atoms with van der Waals surface area (Å²) >= 11 is 2.89. The summed E-state index contributed by atoms with van der Waals surface area (Å²) in [7, 11) is 0. The van der Waals surface area contributed by atoms with Crippen molar-refractivity contribution in [2.75, 3.05) is 34.8 Å². The maximum Gasteiger partial charge on any atom is 0.256 e. The van der Waals surface area contributed by atoms with Gasteiger partial charge in [-0.05, 0) is 87.4 Å². The molecular weight excluding hydrogens is 633 g/mol. The van der Waals surface area contributed by atoms with E-state index in [1.54, 1.807) is 23.0 Å². The molecule has 0 saturated heterocycles. The van der Waals surface area contributed by atoms with Crippen molar-refractivity contribution in [1.82, 2.24) is 9.13 Å². The highest BCUT2D eigenvalue weighted by Crippen LogP contribution is 2.35. The molecule has 10 nitrogen and oxygen atoms in total. The molecule has 0 unspecified atom stereocenters. The predicted molar refractivity (Wildman–Crippen MR) is 185 cm³/mol. The molecule has 0 saturated carbocycles. The third-order valence-corrected chi connectivity index (χ3v) is 10.8. The molecule has 2 aromatic heterocycles. The molecule has 0 radical (unpaired) electrons. The van der Waals surface area contributed by atoms with Gasteiger partial charge >= 0.3 is 0 Å².